The summed E-state index contributed by atoms with van der Waals surface area (Å²) in [7, 11) is 1.59. The van der Waals surface area contributed by atoms with Crippen molar-refractivity contribution in [1.82, 2.24) is 19.9 Å². The first-order valence-corrected chi connectivity index (χ1v) is 6.44. The fourth-order valence-corrected chi connectivity index (χ4v) is 1.98. The van der Waals surface area contributed by atoms with Crippen LogP contribution in [0.3, 0.4) is 0 Å². The number of carbonyl (C=O) groups excluding carboxylic acids is 1. The SMILES string of the molecule is COCCNC(=O)c1ccc2nnc(-c3ccoc3)n2c1. The third-order valence-electron chi connectivity index (χ3n) is 3.04. The summed E-state index contributed by atoms with van der Waals surface area (Å²) in [5, 5.41) is 11.0. The van der Waals surface area contributed by atoms with Gasteiger partial charge in [0.15, 0.2) is 11.5 Å². The van der Waals surface area contributed by atoms with Crippen LogP contribution in [0.1, 0.15) is 10.4 Å². The van der Waals surface area contributed by atoms with Gasteiger partial charge >= 0.3 is 0 Å². The van der Waals surface area contributed by atoms with E-state index in [0.29, 0.717) is 30.2 Å². The fraction of sp³-hybridized carbons (Fsp3) is 0.214. The Hall–Kier alpha value is -2.67. The number of methoxy groups -OCH3 is 1. The maximum absolute atomic E-state index is 12.0. The van der Waals surface area contributed by atoms with E-state index >= 15 is 0 Å². The van der Waals surface area contributed by atoms with E-state index in [-0.39, 0.29) is 5.91 Å². The Labute approximate surface area is 120 Å². The van der Waals surface area contributed by atoms with Gasteiger partial charge in [-0.2, -0.15) is 0 Å². The van der Waals surface area contributed by atoms with Crippen molar-refractivity contribution >= 4 is 11.6 Å². The highest BCUT2D eigenvalue weighted by Gasteiger charge is 2.12. The molecule has 0 aliphatic carbocycles. The number of rotatable bonds is 5. The van der Waals surface area contributed by atoms with Crippen LogP contribution in [0.15, 0.2) is 41.3 Å². The van der Waals surface area contributed by atoms with Crippen molar-refractivity contribution in [2.45, 2.75) is 0 Å². The lowest BCUT2D eigenvalue weighted by atomic mass is 10.2. The van der Waals surface area contributed by atoms with Gasteiger partial charge < -0.3 is 14.5 Å². The molecule has 3 aromatic rings. The monoisotopic (exact) mass is 286 g/mol. The molecular weight excluding hydrogens is 272 g/mol. The molecule has 0 atom stereocenters. The maximum Gasteiger partial charge on any atom is 0.252 e. The highest BCUT2D eigenvalue weighted by molar-refractivity contribution is 5.94. The lowest BCUT2D eigenvalue weighted by molar-refractivity contribution is 0.0936. The normalized spacial score (nSPS) is 10.9. The molecule has 7 heteroatoms. The highest BCUT2D eigenvalue weighted by atomic mass is 16.5. The van der Waals surface area contributed by atoms with Gasteiger partial charge in [-0.1, -0.05) is 0 Å². The number of pyridine rings is 1. The summed E-state index contributed by atoms with van der Waals surface area (Å²) < 4.78 is 11.7. The van der Waals surface area contributed by atoms with Gasteiger partial charge in [0.1, 0.15) is 6.26 Å². The van der Waals surface area contributed by atoms with E-state index in [1.807, 2.05) is 0 Å². The Morgan fingerprint density at radius 2 is 2.29 bits per heavy atom. The molecule has 1 amide bonds. The van der Waals surface area contributed by atoms with Crippen molar-refractivity contribution in [2.24, 2.45) is 0 Å². The van der Waals surface area contributed by atoms with Crippen LogP contribution in [-0.2, 0) is 4.74 Å². The predicted molar refractivity (Wildman–Crippen MR) is 74.9 cm³/mol. The number of nitrogens with zero attached hydrogens (tertiary/aromatic N) is 3. The van der Waals surface area contributed by atoms with Crippen molar-refractivity contribution in [3.05, 3.63) is 42.5 Å². The first kappa shape index (κ1) is 13.3. The first-order valence-electron chi connectivity index (χ1n) is 6.44. The van der Waals surface area contributed by atoms with Gasteiger partial charge in [0.05, 0.1) is 24.0 Å². The van der Waals surface area contributed by atoms with Crippen molar-refractivity contribution in [3.8, 4) is 11.4 Å². The summed E-state index contributed by atoms with van der Waals surface area (Å²) in [6.07, 6.45) is 4.86. The molecule has 0 aromatic carbocycles. The Kier molecular flexibility index (Phi) is 3.65. The minimum atomic E-state index is -0.166. The van der Waals surface area contributed by atoms with Crippen molar-refractivity contribution in [1.29, 1.82) is 0 Å². The molecule has 0 radical (unpaired) electrons. The zero-order valence-electron chi connectivity index (χ0n) is 11.4. The molecule has 0 spiro atoms. The first-order chi connectivity index (χ1) is 10.3. The molecule has 7 nitrogen and oxygen atoms in total. The van der Waals surface area contributed by atoms with Gasteiger partial charge in [-0.15, -0.1) is 10.2 Å². The number of carbonyl (C=O) groups is 1. The van der Waals surface area contributed by atoms with Crippen LogP contribution in [0.25, 0.3) is 17.0 Å². The molecule has 3 rings (SSSR count). The zero-order chi connectivity index (χ0) is 14.7. The van der Waals surface area contributed by atoms with E-state index in [1.54, 1.807) is 48.4 Å². The molecule has 0 fully saturated rings. The molecule has 0 saturated heterocycles. The number of fused-ring (bicyclic) bond motifs is 1. The molecular formula is C14H14N4O3. The molecule has 1 N–H and O–H groups in total. The van der Waals surface area contributed by atoms with Gasteiger partial charge in [0.2, 0.25) is 0 Å². The van der Waals surface area contributed by atoms with Crippen LogP contribution in [0, 0.1) is 0 Å². The van der Waals surface area contributed by atoms with Gasteiger partial charge in [-0.25, -0.2) is 0 Å². The maximum atomic E-state index is 12.0. The lowest BCUT2D eigenvalue weighted by Gasteiger charge is -2.05. The molecule has 21 heavy (non-hydrogen) atoms. The number of hydrogen-bond donors (Lipinski definition) is 1. The molecule has 3 heterocycles. The number of amides is 1. The average Bonchev–Trinajstić information content (AvgIpc) is 3.15. The fourth-order valence-electron chi connectivity index (χ4n) is 1.98. The third-order valence-corrected chi connectivity index (χ3v) is 3.04. The summed E-state index contributed by atoms with van der Waals surface area (Å²) in [5.41, 5.74) is 2.00. The Balaban J connectivity index is 1.92. The van der Waals surface area contributed by atoms with E-state index in [2.05, 4.69) is 15.5 Å². The van der Waals surface area contributed by atoms with E-state index in [1.165, 1.54) is 0 Å². The van der Waals surface area contributed by atoms with Crippen LogP contribution >= 0.6 is 0 Å². The minimum absolute atomic E-state index is 0.166. The van der Waals surface area contributed by atoms with E-state index < -0.39 is 0 Å². The molecule has 0 saturated carbocycles. The summed E-state index contributed by atoms with van der Waals surface area (Å²) in [4.78, 5) is 12.0. The van der Waals surface area contributed by atoms with Crippen LogP contribution < -0.4 is 5.32 Å². The van der Waals surface area contributed by atoms with Gasteiger partial charge in [-0.3, -0.25) is 9.20 Å². The van der Waals surface area contributed by atoms with Gasteiger partial charge in [-0.05, 0) is 18.2 Å². The molecule has 0 aliphatic rings. The second-order valence-corrected chi connectivity index (χ2v) is 4.43. The topological polar surface area (TPSA) is 81.7 Å². The summed E-state index contributed by atoms with van der Waals surface area (Å²) in [5.74, 6) is 0.464. The van der Waals surface area contributed by atoms with Crippen molar-refractivity contribution in [2.75, 3.05) is 20.3 Å². The van der Waals surface area contributed by atoms with Crippen molar-refractivity contribution in [3.63, 3.8) is 0 Å². The lowest BCUT2D eigenvalue weighted by Crippen LogP contribution is -2.27. The number of hydrogen-bond acceptors (Lipinski definition) is 5. The molecule has 3 aromatic heterocycles. The van der Waals surface area contributed by atoms with Crippen LogP contribution in [0.5, 0.6) is 0 Å². The van der Waals surface area contributed by atoms with Crippen LogP contribution in [-0.4, -0.2) is 40.8 Å². The van der Waals surface area contributed by atoms with E-state index in [9.17, 15) is 4.79 Å². The van der Waals surface area contributed by atoms with Gasteiger partial charge in [0, 0.05) is 19.9 Å². The van der Waals surface area contributed by atoms with Gasteiger partial charge in [0.25, 0.3) is 5.91 Å². The summed E-state index contributed by atoms with van der Waals surface area (Å²) >= 11 is 0. The summed E-state index contributed by atoms with van der Waals surface area (Å²) in [6, 6.07) is 5.26. The third kappa shape index (κ3) is 2.63. The molecule has 108 valence electrons. The second-order valence-electron chi connectivity index (χ2n) is 4.43. The number of furan rings is 1. The number of ether oxygens (including phenoxy) is 1. The molecule has 0 bridgehead atoms. The zero-order valence-corrected chi connectivity index (χ0v) is 11.4. The summed E-state index contributed by atoms with van der Waals surface area (Å²) in [6.45, 7) is 0.936. The predicted octanol–water partition coefficient (Wildman–Crippen LogP) is 1.37. The van der Waals surface area contributed by atoms with Crippen LogP contribution in [0.4, 0.5) is 0 Å². The second kappa shape index (κ2) is 5.76. The number of nitrogens with one attached hydrogen (secondary N) is 1. The Bertz CT molecular complexity index is 749. The highest BCUT2D eigenvalue weighted by Crippen LogP contribution is 2.19. The smallest absolute Gasteiger partial charge is 0.252 e. The van der Waals surface area contributed by atoms with E-state index in [0.717, 1.165) is 5.56 Å². The Morgan fingerprint density at radius 3 is 3.05 bits per heavy atom. The minimum Gasteiger partial charge on any atom is -0.472 e. The Morgan fingerprint density at radius 1 is 1.38 bits per heavy atom. The van der Waals surface area contributed by atoms with Crippen LogP contribution in [0.2, 0.25) is 0 Å². The largest absolute Gasteiger partial charge is 0.472 e. The standard InChI is InChI=1S/C14H14N4O3/c1-20-7-5-15-14(19)10-2-3-12-16-17-13(18(12)8-10)11-4-6-21-9-11/h2-4,6,8-9H,5,7H2,1H3,(H,15,19). The molecule has 0 aliphatic heterocycles. The quantitative estimate of drug-likeness (QED) is 0.716. The van der Waals surface area contributed by atoms with E-state index in [4.69, 9.17) is 9.15 Å². The number of aromatic nitrogens is 3. The average molecular weight is 286 g/mol. The van der Waals surface area contributed by atoms with Crippen molar-refractivity contribution < 1.29 is 13.9 Å². The molecule has 0 unspecified atom stereocenters.